The number of amides is 3. The molecular weight excluding hydrogens is 643 g/mol. The Labute approximate surface area is 246 Å². The molecule has 0 bridgehead atoms. The Morgan fingerprint density at radius 3 is 2.73 bits per heavy atom. The van der Waals surface area contributed by atoms with Gasteiger partial charge in [0.2, 0.25) is 0 Å². The summed E-state index contributed by atoms with van der Waals surface area (Å²) in [4.78, 5) is 49.2. The van der Waals surface area contributed by atoms with Gasteiger partial charge in [0.05, 0.1) is 0 Å². The number of pyridine rings is 1. The number of hydrogen-bond donors (Lipinski definition) is 2. The number of rotatable bonds is 6. The van der Waals surface area contributed by atoms with E-state index in [4.69, 9.17) is 4.74 Å². The second-order valence-electron chi connectivity index (χ2n) is 10.6. The Morgan fingerprint density at radius 1 is 1.17 bits per heavy atom. The van der Waals surface area contributed by atoms with Gasteiger partial charge in [0.25, 0.3) is 0 Å². The number of aromatic nitrogens is 1. The van der Waals surface area contributed by atoms with Gasteiger partial charge in [-0.2, -0.15) is 0 Å². The molecular formula is C31H30N4O4SSn. The SMILES string of the molecule is C=CC(=O)N1CCC[C@H](NC(=O)c2sc3ncc[c]4c3c2N[C](=O)[Sn]4([CH3])[c]2ccc(Oc3ccccc3)cc2C)C1. The van der Waals surface area contributed by atoms with Crippen LogP contribution in [0.5, 0.6) is 11.5 Å². The zero-order valence-electron chi connectivity index (χ0n) is 22.9. The van der Waals surface area contributed by atoms with Crippen LogP contribution in [-0.4, -0.2) is 63.1 Å². The number of benzene rings is 2. The fraction of sp³-hybridized carbons (Fsp3) is 0.226. The summed E-state index contributed by atoms with van der Waals surface area (Å²) in [5.41, 5.74) is 1.55. The summed E-state index contributed by atoms with van der Waals surface area (Å²) in [6.45, 7) is 6.68. The molecule has 1 fully saturated rings. The summed E-state index contributed by atoms with van der Waals surface area (Å²) in [5, 5.41) is 7.12. The molecule has 2 aromatic heterocycles. The van der Waals surface area contributed by atoms with Crippen LogP contribution in [0, 0.1) is 6.92 Å². The first-order valence-electron chi connectivity index (χ1n) is 13.6. The summed E-state index contributed by atoms with van der Waals surface area (Å²) in [7, 11) is 0. The molecule has 4 aromatic rings. The summed E-state index contributed by atoms with van der Waals surface area (Å²) < 4.78 is 8.10. The molecule has 0 saturated carbocycles. The molecule has 2 aliphatic heterocycles. The van der Waals surface area contributed by atoms with Gasteiger partial charge in [0, 0.05) is 0 Å². The average Bonchev–Trinajstić information content (AvgIpc) is 3.35. The van der Waals surface area contributed by atoms with Crippen molar-refractivity contribution in [1.29, 1.82) is 0 Å². The van der Waals surface area contributed by atoms with E-state index in [0.717, 1.165) is 47.3 Å². The van der Waals surface area contributed by atoms with Gasteiger partial charge in [0.15, 0.2) is 0 Å². The second kappa shape index (κ2) is 10.9. The Morgan fingerprint density at radius 2 is 1.98 bits per heavy atom. The number of nitrogens with one attached hydrogen (secondary N) is 2. The van der Waals surface area contributed by atoms with E-state index in [1.807, 2.05) is 61.5 Å². The molecule has 6 rings (SSSR count). The predicted octanol–water partition coefficient (Wildman–Crippen LogP) is 4.62. The van der Waals surface area contributed by atoms with Gasteiger partial charge < -0.3 is 0 Å². The van der Waals surface area contributed by atoms with E-state index in [1.165, 1.54) is 17.4 Å². The van der Waals surface area contributed by atoms with Crippen LogP contribution in [0.4, 0.5) is 10.5 Å². The molecule has 2 aliphatic rings. The fourth-order valence-electron chi connectivity index (χ4n) is 5.91. The van der Waals surface area contributed by atoms with E-state index in [-0.39, 0.29) is 21.8 Å². The molecule has 2 N–H and O–H groups in total. The van der Waals surface area contributed by atoms with Crippen LogP contribution in [0.3, 0.4) is 0 Å². The van der Waals surface area contributed by atoms with E-state index >= 15 is 0 Å². The molecule has 4 heterocycles. The van der Waals surface area contributed by atoms with Gasteiger partial charge >= 0.3 is 247 Å². The number of anilines is 1. The second-order valence-corrected chi connectivity index (χ2v) is 22.4. The van der Waals surface area contributed by atoms with Gasteiger partial charge in [-0.1, -0.05) is 0 Å². The number of carbonyl (C=O) groups excluding carboxylic acids is 3. The number of piperidine rings is 1. The first-order chi connectivity index (χ1) is 19.8. The van der Waals surface area contributed by atoms with Crippen molar-refractivity contribution in [1.82, 2.24) is 15.2 Å². The number of likely N-dealkylation sites (tertiary alicyclic amines) is 1. The monoisotopic (exact) mass is 674 g/mol. The summed E-state index contributed by atoms with van der Waals surface area (Å²) in [6.07, 6.45) is 4.63. The van der Waals surface area contributed by atoms with Crippen molar-refractivity contribution in [3.63, 3.8) is 0 Å². The van der Waals surface area contributed by atoms with Crippen LogP contribution >= 0.6 is 11.3 Å². The molecule has 3 amide bonds. The van der Waals surface area contributed by atoms with Crippen molar-refractivity contribution < 1.29 is 19.1 Å². The van der Waals surface area contributed by atoms with Crippen LogP contribution in [0.15, 0.2) is 73.4 Å². The minimum absolute atomic E-state index is 0.00741. The summed E-state index contributed by atoms with van der Waals surface area (Å²) in [5.74, 6) is 1.07. The number of para-hydroxylation sites is 1. The van der Waals surface area contributed by atoms with Crippen LogP contribution < -0.4 is 22.5 Å². The van der Waals surface area contributed by atoms with E-state index in [0.29, 0.717) is 23.7 Å². The van der Waals surface area contributed by atoms with Gasteiger partial charge in [-0.05, 0) is 0 Å². The Bertz CT molecular complexity index is 1710. The van der Waals surface area contributed by atoms with E-state index < -0.39 is 18.4 Å². The number of ether oxygens (including phenoxy) is 1. The van der Waals surface area contributed by atoms with Gasteiger partial charge in [-0.3, -0.25) is 0 Å². The summed E-state index contributed by atoms with van der Waals surface area (Å²) >= 11 is -2.63. The van der Waals surface area contributed by atoms with Crippen LogP contribution in [0.25, 0.3) is 10.2 Å². The van der Waals surface area contributed by atoms with Crippen LogP contribution in [-0.2, 0) is 4.79 Å². The maximum absolute atomic E-state index is 14.0. The number of carbonyl (C=O) groups is 3. The fourth-order valence-corrected chi connectivity index (χ4v) is 17.4. The standard InChI is InChI=1S/C17H16N4O3S.C13H11O.CH3.Sn/c1-2-13(23)21-8-4-5-11(9-21)20-16(24)15-14(19-10-22)12-6-3-7-18-17(12)25-15;1-11-6-5-9-13(10-11)14-12-7-3-2-4-8-12;;/h2-3,7,11H,1,4-5,8-9H2,(H,19,22)(H,20,24);2-5,7-10H,1H3;1H3;/t11-;;;/m0.../s1. The van der Waals surface area contributed by atoms with Gasteiger partial charge in [0.1, 0.15) is 0 Å². The molecule has 8 nitrogen and oxygen atoms in total. The number of aryl methyl sites for hydroxylation is 1. The molecule has 41 heavy (non-hydrogen) atoms. The predicted molar refractivity (Wildman–Crippen MR) is 164 cm³/mol. The van der Waals surface area contributed by atoms with Crippen molar-refractivity contribution in [3.8, 4) is 11.5 Å². The molecule has 208 valence electrons. The topological polar surface area (TPSA) is 101 Å². The van der Waals surface area contributed by atoms with Crippen LogP contribution in [0.2, 0.25) is 4.94 Å². The molecule has 10 heteroatoms. The van der Waals surface area contributed by atoms with Crippen molar-refractivity contribution in [2.75, 3.05) is 18.4 Å². The quantitative estimate of drug-likeness (QED) is 0.230. The van der Waals surface area contributed by atoms with Crippen molar-refractivity contribution >= 4 is 68.5 Å². The van der Waals surface area contributed by atoms with Gasteiger partial charge in [-0.25, -0.2) is 0 Å². The van der Waals surface area contributed by atoms with Crippen molar-refractivity contribution in [2.45, 2.75) is 30.7 Å². The zero-order valence-corrected chi connectivity index (χ0v) is 26.6. The van der Waals surface area contributed by atoms with Crippen LogP contribution in [0.1, 0.15) is 28.1 Å². The molecule has 2 aromatic carbocycles. The first kappa shape index (κ1) is 27.5. The maximum atomic E-state index is 14.0. The third-order valence-electron chi connectivity index (χ3n) is 7.99. The minimum atomic E-state index is -3.93. The molecule has 0 radical (unpaired) electrons. The van der Waals surface area contributed by atoms with E-state index in [2.05, 4.69) is 27.1 Å². The normalized spacial score (nSPS) is 19.9. The Balaban J connectivity index is 1.33. The third kappa shape index (κ3) is 4.91. The van der Waals surface area contributed by atoms with Gasteiger partial charge in [-0.15, -0.1) is 0 Å². The number of nitrogens with zero attached hydrogens (tertiary/aromatic N) is 2. The van der Waals surface area contributed by atoms with E-state index in [9.17, 15) is 14.4 Å². The third-order valence-corrected chi connectivity index (χ3v) is 21.0. The zero-order chi connectivity index (χ0) is 28.7. The number of hydrogen-bond acceptors (Lipinski definition) is 6. The molecule has 1 unspecified atom stereocenters. The van der Waals surface area contributed by atoms with E-state index in [1.54, 1.807) is 11.1 Å². The van der Waals surface area contributed by atoms with Crippen molar-refractivity contribution in [3.05, 3.63) is 83.9 Å². The molecule has 2 atom stereocenters. The molecule has 0 spiro atoms. The average molecular weight is 673 g/mol. The summed E-state index contributed by atoms with van der Waals surface area (Å²) in [6, 6.07) is 17.3. The Kier molecular flexibility index (Phi) is 7.33. The Hall–Kier alpha value is -3.70. The molecule has 1 saturated heterocycles. The van der Waals surface area contributed by atoms with Crippen molar-refractivity contribution in [2.24, 2.45) is 0 Å². The molecule has 0 aliphatic carbocycles. The first-order valence-corrected chi connectivity index (χ1v) is 21.5. The number of thiophene rings is 1.